The Labute approximate surface area is 202 Å². The quantitative estimate of drug-likeness (QED) is 0.327. The highest BCUT2D eigenvalue weighted by Crippen LogP contribution is 2.28. The van der Waals surface area contributed by atoms with Gasteiger partial charge in [-0.1, -0.05) is 11.6 Å². The number of hydrazone groups is 1. The number of carbonyl (C=O) groups excluding carboxylic acids is 2. The van der Waals surface area contributed by atoms with Crippen molar-refractivity contribution in [1.29, 1.82) is 0 Å². The second kappa shape index (κ2) is 12.3. The summed E-state index contributed by atoms with van der Waals surface area (Å²) in [5, 5.41) is 7.29. The van der Waals surface area contributed by atoms with Gasteiger partial charge in [0.2, 0.25) is 0 Å². The predicted molar refractivity (Wildman–Crippen MR) is 131 cm³/mol. The van der Waals surface area contributed by atoms with Crippen LogP contribution in [-0.2, 0) is 4.79 Å². The fourth-order valence-electron chi connectivity index (χ4n) is 2.85. The average Bonchev–Trinajstić information content (AvgIpc) is 2.85. The van der Waals surface area contributed by atoms with Crippen molar-refractivity contribution >= 4 is 35.3 Å². The number of ether oxygens (including phenoxy) is 3. The lowest BCUT2D eigenvalue weighted by molar-refractivity contribution is -0.118. The van der Waals surface area contributed by atoms with Crippen molar-refractivity contribution in [2.24, 2.45) is 5.10 Å². The molecule has 3 aromatic rings. The van der Waals surface area contributed by atoms with Crippen molar-refractivity contribution < 1.29 is 23.8 Å². The van der Waals surface area contributed by atoms with Gasteiger partial charge in [0.15, 0.2) is 18.1 Å². The average molecular weight is 482 g/mol. The molecule has 0 radical (unpaired) electrons. The summed E-state index contributed by atoms with van der Waals surface area (Å²) in [5.74, 6) is 0.882. The topological polar surface area (TPSA) is 98.3 Å². The molecular formula is C25H24ClN3O5. The van der Waals surface area contributed by atoms with Gasteiger partial charge in [0.1, 0.15) is 5.75 Å². The molecule has 0 unspecified atom stereocenters. The number of nitrogens with zero attached hydrogens (tertiary/aromatic N) is 1. The first kappa shape index (κ1) is 24.6. The summed E-state index contributed by atoms with van der Waals surface area (Å²) in [6, 6.07) is 18.6. The number of methoxy groups -OCH3 is 1. The van der Waals surface area contributed by atoms with Gasteiger partial charge >= 0.3 is 0 Å². The SMILES string of the molecule is CCOc1cc(C(=O)N/N=C/c2ccc(OCC(=O)Nc3ccc(Cl)cc3)cc2)ccc1OC. The first-order chi connectivity index (χ1) is 16.5. The second-order valence-corrected chi connectivity index (χ2v) is 7.35. The summed E-state index contributed by atoms with van der Waals surface area (Å²) in [4.78, 5) is 24.4. The van der Waals surface area contributed by atoms with Gasteiger partial charge in [-0.3, -0.25) is 9.59 Å². The summed E-state index contributed by atoms with van der Waals surface area (Å²) in [5.41, 5.74) is 4.24. The van der Waals surface area contributed by atoms with E-state index in [1.54, 1.807) is 66.7 Å². The molecule has 0 spiro atoms. The zero-order valence-corrected chi connectivity index (χ0v) is 19.5. The van der Waals surface area contributed by atoms with E-state index in [4.69, 9.17) is 25.8 Å². The molecule has 0 bridgehead atoms. The van der Waals surface area contributed by atoms with Crippen LogP contribution in [0.25, 0.3) is 0 Å². The third-order valence-corrected chi connectivity index (χ3v) is 4.74. The number of hydrogen-bond acceptors (Lipinski definition) is 6. The number of anilines is 1. The van der Waals surface area contributed by atoms with Crippen molar-refractivity contribution in [1.82, 2.24) is 5.43 Å². The molecule has 0 aliphatic carbocycles. The van der Waals surface area contributed by atoms with Crippen LogP contribution in [0.3, 0.4) is 0 Å². The maximum Gasteiger partial charge on any atom is 0.271 e. The fraction of sp³-hybridized carbons (Fsp3) is 0.160. The van der Waals surface area contributed by atoms with Crippen LogP contribution in [0.5, 0.6) is 17.2 Å². The summed E-state index contributed by atoms with van der Waals surface area (Å²) >= 11 is 5.83. The van der Waals surface area contributed by atoms with E-state index >= 15 is 0 Å². The van der Waals surface area contributed by atoms with Crippen LogP contribution in [0.2, 0.25) is 5.02 Å². The molecule has 0 aliphatic rings. The largest absolute Gasteiger partial charge is 0.493 e. The molecule has 34 heavy (non-hydrogen) atoms. The van der Waals surface area contributed by atoms with E-state index in [0.717, 1.165) is 5.56 Å². The number of hydrogen-bond donors (Lipinski definition) is 2. The Morgan fingerprint density at radius 2 is 1.71 bits per heavy atom. The summed E-state index contributed by atoms with van der Waals surface area (Å²) in [7, 11) is 1.54. The minimum absolute atomic E-state index is 0.141. The highest BCUT2D eigenvalue weighted by atomic mass is 35.5. The van der Waals surface area contributed by atoms with Crippen LogP contribution in [0.15, 0.2) is 71.8 Å². The molecule has 176 valence electrons. The van der Waals surface area contributed by atoms with Crippen molar-refractivity contribution in [2.45, 2.75) is 6.92 Å². The van der Waals surface area contributed by atoms with Crippen LogP contribution in [0.1, 0.15) is 22.8 Å². The Morgan fingerprint density at radius 1 is 0.971 bits per heavy atom. The molecule has 0 aliphatic heterocycles. The third kappa shape index (κ3) is 7.25. The number of halogens is 1. The van der Waals surface area contributed by atoms with Gasteiger partial charge in [0.25, 0.3) is 11.8 Å². The number of benzene rings is 3. The van der Waals surface area contributed by atoms with E-state index in [1.807, 2.05) is 6.92 Å². The monoisotopic (exact) mass is 481 g/mol. The lowest BCUT2D eigenvalue weighted by Crippen LogP contribution is -2.20. The van der Waals surface area contributed by atoms with Gasteiger partial charge in [0, 0.05) is 16.3 Å². The van der Waals surface area contributed by atoms with Crippen LogP contribution >= 0.6 is 11.6 Å². The van der Waals surface area contributed by atoms with Crippen molar-refractivity contribution in [3.63, 3.8) is 0 Å². The lowest BCUT2D eigenvalue weighted by Gasteiger charge is -2.10. The first-order valence-corrected chi connectivity index (χ1v) is 10.8. The van der Waals surface area contributed by atoms with Gasteiger partial charge in [-0.05, 0) is 79.2 Å². The van der Waals surface area contributed by atoms with Crippen molar-refractivity contribution in [3.8, 4) is 17.2 Å². The van der Waals surface area contributed by atoms with Crippen LogP contribution in [0.4, 0.5) is 5.69 Å². The molecule has 0 aromatic heterocycles. The van der Waals surface area contributed by atoms with E-state index in [9.17, 15) is 9.59 Å². The standard InChI is InChI=1S/C25H24ClN3O5/c1-3-33-23-14-18(6-13-22(23)32-2)25(31)29-27-15-17-4-11-21(12-5-17)34-16-24(30)28-20-9-7-19(26)8-10-20/h4-15H,3,16H2,1-2H3,(H,28,30)(H,29,31)/b27-15+. The predicted octanol–water partition coefficient (Wildman–Crippen LogP) is 4.53. The van der Waals surface area contributed by atoms with E-state index < -0.39 is 0 Å². The van der Waals surface area contributed by atoms with E-state index in [0.29, 0.717) is 40.1 Å². The molecule has 0 saturated heterocycles. The maximum absolute atomic E-state index is 12.4. The van der Waals surface area contributed by atoms with Gasteiger partial charge in [-0.25, -0.2) is 5.43 Å². The smallest absolute Gasteiger partial charge is 0.271 e. The third-order valence-electron chi connectivity index (χ3n) is 4.48. The maximum atomic E-state index is 12.4. The van der Waals surface area contributed by atoms with Crippen LogP contribution in [0, 0.1) is 0 Å². The Kier molecular flexibility index (Phi) is 8.88. The van der Waals surface area contributed by atoms with Crippen LogP contribution in [-0.4, -0.2) is 38.4 Å². The number of nitrogens with one attached hydrogen (secondary N) is 2. The Bertz CT molecular complexity index is 1150. The Balaban J connectivity index is 1.48. The second-order valence-electron chi connectivity index (χ2n) is 6.91. The minimum Gasteiger partial charge on any atom is -0.493 e. The molecule has 0 heterocycles. The molecule has 2 N–H and O–H groups in total. The molecule has 9 heteroatoms. The number of amides is 2. The number of rotatable bonds is 10. The highest BCUT2D eigenvalue weighted by molar-refractivity contribution is 6.30. The fourth-order valence-corrected chi connectivity index (χ4v) is 2.97. The zero-order valence-electron chi connectivity index (χ0n) is 18.7. The number of carbonyl (C=O) groups is 2. The molecular weight excluding hydrogens is 458 g/mol. The van der Waals surface area contributed by atoms with E-state index in [2.05, 4.69) is 15.8 Å². The Hall–Kier alpha value is -4.04. The normalized spacial score (nSPS) is 10.6. The first-order valence-electron chi connectivity index (χ1n) is 10.4. The Morgan fingerprint density at radius 3 is 2.38 bits per heavy atom. The zero-order chi connectivity index (χ0) is 24.3. The van der Waals surface area contributed by atoms with Gasteiger partial charge in [-0.15, -0.1) is 0 Å². The summed E-state index contributed by atoms with van der Waals surface area (Å²) in [6.07, 6.45) is 1.50. The molecule has 0 atom stereocenters. The van der Waals surface area contributed by atoms with Crippen molar-refractivity contribution in [2.75, 3.05) is 25.6 Å². The molecule has 3 rings (SSSR count). The molecule has 8 nitrogen and oxygen atoms in total. The van der Waals surface area contributed by atoms with E-state index in [-0.39, 0.29) is 18.4 Å². The molecule has 3 aromatic carbocycles. The summed E-state index contributed by atoms with van der Waals surface area (Å²) in [6.45, 7) is 2.16. The minimum atomic E-state index is -0.383. The van der Waals surface area contributed by atoms with Crippen molar-refractivity contribution in [3.05, 3.63) is 82.9 Å². The molecule has 2 amide bonds. The van der Waals surface area contributed by atoms with Gasteiger partial charge in [-0.2, -0.15) is 5.10 Å². The van der Waals surface area contributed by atoms with Gasteiger partial charge in [0.05, 0.1) is 19.9 Å². The lowest BCUT2D eigenvalue weighted by atomic mass is 10.2. The molecule has 0 saturated carbocycles. The summed E-state index contributed by atoms with van der Waals surface area (Å²) < 4.78 is 16.2. The van der Waals surface area contributed by atoms with Gasteiger partial charge < -0.3 is 19.5 Å². The highest BCUT2D eigenvalue weighted by Gasteiger charge is 2.10. The molecule has 0 fully saturated rings. The van der Waals surface area contributed by atoms with E-state index in [1.165, 1.54) is 13.3 Å². The van der Waals surface area contributed by atoms with Crippen LogP contribution < -0.4 is 25.0 Å².